The Hall–Kier alpha value is -5.84. The number of aromatic nitrogens is 3. The number of carbonyl (C=O) groups is 6. The van der Waals surface area contributed by atoms with Crippen LogP contribution in [-0.2, 0) is 48.1 Å². The molecular weight excluding hydrogens is 807 g/mol. The number of nitrogens with zero attached hydrogens (tertiary/aromatic N) is 4. The van der Waals surface area contributed by atoms with Gasteiger partial charge >= 0.3 is 6.09 Å². The summed E-state index contributed by atoms with van der Waals surface area (Å²) in [6.45, 7) is 13.3. The van der Waals surface area contributed by atoms with Gasteiger partial charge in [-0.1, -0.05) is 70.5 Å². The first-order valence-corrected chi connectivity index (χ1v) is 21.9. The fourth-order valence-electron chi connectivity index (χ4n) is 7.46. The molecule has 17 nitrogen and oxygen atoms in total. The number of nitrogens with one attached hydrogen (secondary N) is 5. The number of aliphatic hydroxyl groups is 1. The van der Waals surface area contributed by atoms with Gasteiger partial charge in [-0.25, -0.2) is 9.78 Å². The van der Waals surface area contributed by atoms with Crippen LogP contribution < -0.4 is 21.3 Å². The molecule has 1 aliphatic heterocycles. The Balaban J connectivity index is 1.54. The summed E-state index contributed by atoms with van der Waals surface area (Å²) >= 11 is 0. The molecule has 0 spiro atoms. The number of aromatic amines is 1. The zero-order chi connectivity index (χ0) is 46.3. The lowest BCUT2D eigenvalue weighted by Gasteiger charge is -2.34. The summed E-state index contributed by atoms with van der Waals surface area (Å²) in [6, 6.07) is 9.55. The average Bonchev–Trinajstić information content (AvgIpc) is 3.96. The molecule has 0 aliphatic carbocycles. The number of amides is 6. The van der Waals surface area contributed by atoms with Gasteiger partial charge in [0, 0.05) is 44.5 Å². The van der Waals surface area contributed by atoms with Gasteiger partial charge in [-0.15, -0.1) is 0 Å². The second-order valence-corrected chi connectivity index (χ2v) is 17.8. The monoisotopic (exact) mass is 874 g/mol. The van der Waals surface area contributed by atoms with Crippen LogP contribution in [0.5, 0.6) is 0 Å². The number of likely N-dealkylation sites (N-methyl/N-ethyl adjacent to an activating group) is 1. The van der Waals surface area contributed by atoms with Gasteiger partial charge in [0.1, 0.15) is 29.8 Å². The normalized spacial score (nSPS) is 16.8. The van der Waals surface area contributed by atoms with Crippen molar-refractivity contribution < 1.29 is 38.6 Å². The van der Waals surface area contributed by atoms with Gasteiger partial charge in [-0.3, -0.25) is 33.9 Å². The highest BCUT2D eigenvalue weighted by Crippen LogP contribution is 2.22. The molecule has 7 atom stereocenters. The lowest BCUT2D eigenvalue weighted by atomic mass is 9.95. The molecular formula is C46H67N9O8. The zero-order valence-corrected chi connectivity index (χ0v) is 37.9. The maximum atomic E-state index is 14.6. The van der Waals surface area contributed by atoms with Crippen molar-refractivity contribution >= 4 is 35.6 Å². The first-order valence-electron chi connectivity index (χ1n) is 21.9. The molecule has 1 saturated heterocycles. The molecule has 0 bridgehead atoms. The molecule has 17 heteroatoms. The van der Waals surface area contributed by atoms with Crippen molar-refractivity contribution in [2.45, 2.75) is 142 Å². The molecule has 344 valence electrons. The molecule has 2 aromatic heterocycles. The summed E-state index contributed by atoms with van der Waals surface area (Å²) in [5, 5.41) is 23.0. The van der Waals surface area contributed by atoms with E-state index < -0.39 is 78.1 Å². The molecule has 6 amide bonds. The number of hydrogen-bond acceptors (Lipinski definition) is 10. The molecule has 1 fully saturated rings. The van der Waals surface area contributed by atoms with Crippen LogP contribution in [0.25, 0.3) is 0 Å². The predicted molar refractivity (Wildman–Crippen MR) is 236 cm³/mol. The van der Waals surface area contributed by atoms with Gasteiger partial charge in [0.15, 0.2) is 0 Å². The van der Waals surface area contributed by atoms with E-state index in [0.717, 1.165) is 5.56 Å². The highest BCUT2D eigenvalue weighted by Gasteiger charge is 2.40. The van der Waals surface area contributed by atoms with E-state index in [4.69, 9.17) is 4.74 Å². The predicted octanol–water partition coefficient (Wildman–Crippen LogP) is 3.43. The van der Waals surface area contributed by atoms with Crippen LogP contribution in [0.2, 0.25) is 0 Å². The maximum Gasteiger partial charge on any atom is 0.410 e. The van der Waals surface area contributed by atoms with Crippen LogP contribution in [0.4, 0.5) is 4.79 Å². The van der Waals surface area contributed by atoms with Gasteiger partial charge < -0.3 is 41.0 Å². The van der Waals surface area contributed by atoms with Crippen LogP contribution in [0.1, 0.15) is 97.5 Å². The van der Waals surface area contributed by atoms with Crippen molar-refractivity contribution in [3.05, 3.63) is 84.2 Å². The summed E-state index contributed by atoms with van der Waals surface area (Å²) in [7, 11) is 1.48. The molecule has 3 heterocycles. The first kappa shape index (κ1) is 49.8. The van der Waals surface area contributed by atoms with Gasteiger partial charge in [0.25, 0.3) is 0 Å². The van der Waals surface area contributed by atoms with Crippen LogP contribution in [0.15, 0.2) is 67.3 Å². The Bertz CT molecular complexity index is 1940. The van der Waals surface area contributed by atoms with E-state index in [9.17, 15) is 33.9 Å². The van der Waals surface area contributed by atoms with Crippen LogP contribution in [0.3, 0.4) is 0 Å². The van der Waals surface area contributed by atoms with E-state index in [-0.39, 0.29) is 43.6 Å². The number of H-pyrrole nitrogens is 1. The number of imidazole rings is 1. The largest absolute Gasteiger partial charge is 0.444 e. The fourth-order valence-corrected chi connectivity index (χ4v) is 7.46. The molecule has 0 unspecified atom stereocenters. The third-order valence-corrected chi connectivity index (χ3v) is 11.1. The van der Waals surface area contributed by atoms with Crippen molar-refractivity contribution in [3.8, 4) is 0 Å². The quantitative estimate of drug-likeness (QED) is 0.0914. The molecule has 6 N–H and O–H groups in total. The molecule has 1 aliphatic rings. The Morgan fingerprint density at radius 3 is 2.30 bits per heavy atom. The number of benzene rings is 1. The number of hydrogen-bond donors (Lipinski definition) is 6. The Morgan fingerprint density at radius 1 is 0.968 bits per heavy atom. The van der Waals surface area contributed by atoms with Gasteiger partial charge in [0.05, 0.1) is 37.1 Å². The van der Waals surface area contributed by atoms with E-state index in [2.05, 4.69) is 36.2 Å². The molecule has 63 heavy (non-hydrogen) atoms. The number of rotatable bonds is 21. The summed E-state index contributed by atoms with van der Waals surface area (Å²) in [5.74, 6) is -2.89. The summed E-state index contributed by atoms with van der Waals surface area (Å²) in [4.78, 5) is 96.9. The van der Waals surface area contributed by atoms with Crippen molar-refractivity contribution in [1.29, 1.82) is 0 Å². The van der Waals surface area contributed by atoms with Gasteiger partial charge in [-0.2, -0.15) is 0 Å². The second kappa shape index (κ2) is 23.6. The number of aliphatic hydroxyl groups excluding tert-OH is 1. The highest BCUT2D eigenvalue weighted by molar-refractivity contribution is 5.94. The standard InChI is InChI=1S/C46H67N9O8/c1-9-30(4)40(43(60)49-27-32-18-13-14-20-48-32)53-39(57)25-38(56)34(22-29(2)3)51-42(59)37(24-33-26-47-28-50-33)54(8)44(61)35(23-31-16-11-10-12-17-31)52-41(58)36-19-15-21-55(36)45(62)63-46(5,6)7/h10-14,16-18,20,26,28-30,34-38,40,56H,9,15,19,21-25,27H2,1-8H3,(H,47,50)(H,49,60)(H,51,59)(H,52,58)(H,53,57)/t30-,34-,35-,36-,37-,38-,40-/m0/s1. The maximum absolute atomic E-state index is 14.6. The smallest absolute Gasteiger partial charge is 0.410 e. The second-order valence-electron chi connectivity index (χ2n) is 17.8. The third kappa shape index (κ3) is 15.5. The molecule has 0 saturated carbocycles. The molecule has 4 rings (SSSR count). The van der Waals surface area contributed by atoms with Crippen molar-refractivity contribution in [2.75, 3.05) is 13.6 Å². The minimum Gasteiger partial charge on any atom is -0.444 e. The van der Waals surface area contributed by atoms with Crippen molar-refractivity contribution in [3.63, 3.8) is 0 Å². The zero-order valence-electron chi connectivity index (χ0n) is 37.9. The minimum atomic E-state index is -1.36. The number of likely N-dealkylation sites (tertiary alicyclic amines) is 1. The van der Waals surface area contributed by atoms with Gasteiger partial charge in [-0.05, 0) is 69.6 Å². The van der Waals surface area contributed by atoms with Crippen molar-refractivity contribution in [1.82, 2.24) is 46.0 Å². The Morgan fingerprint density at radius 2 is 1.68 bits per heavy atom. The lowest BCUT2D eigenvalue weighted by Crippen LogP contribution is -2.59. The molecule has 1 aromatic carbocycles. The first-order chi connectivity index (χ1) is 29.9. The number of carbonyl (C=O) groups excluding carboxylic acids is 6. The fraction of sp³-hybridized carbons (Fsp3) is 0.565. The van der Waals surface area contributed by atoms with Gasteiger partial charge in [0.2, 0.25) is 29.5 Å². The minimum absolute atomic E-state index is 0.00427. The van der Waals surface area contributed by atoms with Crippen LogP contribution in [-0.4, -0.2) is 121 Å². The molecule has 3 aromatic rings. The van der Waals surface area contributed by atoms with E-state index in [1.54, 1.807) is 39.1 Å². The Labute approximate surface area is 370 Å². The average molecular weight is 874 g/mol. The summed E-state index contributed by atoms with van der Waals surface area (Å²) in [6.07, 6.45) is 4.18. The summed E-state index contributed by atoms with van der Waals surface area (Å²) in [5.41, 5.74) is 1.20. The van der Waals surface area contributed by atoms with Crippen LogP contribution in [0, 0.1) is 11.8 Å². The SMILES string of the molecule is CC[C@H](C)[C@H](NC(=O)C[C@H](O)[C@H](CC(C)C)NC(=O)[C@H](Cc1cnc[nH]1)N(C)C(=O)[C@H](Cc1ccccc1)NC(=O)[C@@H]1CCCN1C(=O)OC(C)(C)C)C(=O)NCc1ccccn1. The highest BCUT2D eigenvalue weighted by atomic mass is 16.6. The van der Waals surface area contributed by atoms with E-state index in [0.29, 0.717) is 37.2 Å². The number of pyridine rings is 1. The topological polar surface area (TPSA) is 228 Å². The van der Waals surface area contributed by atoms with E-state index >= 15 is 0 Å². The van der Waals surface area contributed by atoms with E-state index in [1.807, 2.05) is 64.1 Å². The van der Waals surface area contributed by atoms with E-state index in [1.165, 1.54) is 29.4 Å². The third-order valence-electron chi connectivity index (χ3n) is 11.1. The van der Waals surface area contributed by atoms with Crippen LogP contribution >= 0.6 is 0 Å². The lowest BCUT2D eigenvalue weighted by molar-refractivity contribution is -0.143. The summed E-state index contributed by atoms with van der Waals surface area (Å²) < 4.78 is 5.57. The molecule has 0 radical (unpaired) electrons. The van der Waals surface area contributed by atoms with Crippen molar-refractivity contribution in [2.24, 2.45) is 11.8 Å². The Kier molecular flexibility index (Phi) is 18.6. The number of ether oxygens (including phenoxy) is 1.